The smallest absolute Gasteiger partial charge is 0.290 e. The Morgan fingerprint density at radius 1 is 1.31 bits per heavy atom. The Morgan fingerprint density at radius 3 is 2.81 bits per heavy atom. The van der Waals surface area contributed by atoms with Crippen molar-refractivity contribution in [1.29, 1.82) is 0 Å². The number of amides is 1. The van der Waals surface area contributed by atoms with Crippen LogP contribution in [0.15, 0.2) is 16.5 Å². The molecule has 1 aromatic heterocycles. The molecular formula is C19H25NO6. The largest absolute Gasteiger partial charge is 0.490 e. The topological polar surface area (TPSA) is 81.4 Å². The minimum Gasteiger partial charge on any atom is -0.490 e. The number of carbonyl (C=O) groups excluding carboxylic acids is 1. The molecule has 7 heteroatoms. The van der Waals surface area contributed by atoms with Crippen LogP contribution in [-0.2, 0) is 4.74 Å². The maximum absolute atomic E-state index is 13.0. The zero-order chi connectivity index (χ0) is 18.7. The number of β-amino-alcohol motifs (C(OH)–C–C–N with tert-alkyl or cyclic N) is 1. The molecule has 0 aliphatic carbocycles. The van der Waals surface area contributed by atoms with Gasteiger partial charge in [-0.1, -0.05) is 0 Å². The van der Waals surface area contributed by atoms with Crippen LogP contribution in [0.3, 0.4) is 0 Å². The van der Waals surface area contributed by atoms with Crippen molar-refractivity contribution in [3.8, 4) is 11.5 Å². The van der Waals surface area contributed by atoms with Gasteiger partial charge in [0.05, 0.1) is 32.5 Å². The van der Waals surface area contributed by atoms with E-state index in [1.54, 1.807) is 4.90 Å². The number of aryl methyl sites for hydroxylation is 1. The van der Waals surface area contributed by atoms with Crippen molar-refractivity contribution in [1.82, 2.24) is 4.90 Å². The van der Waals surface area contributed by atoms with Gasteiger partial charge in [0, 0.05) is 24.0 Å². The van der Waals surface area contributed by atoms with Gasteiger partial charge in [0.2, 0.25) is 5.75 Å². The van der Waals surface area contributed by atoms with Crippen LogP contribution in [-0.4, -0.2) is 61.5 Å². The van der Waals surface area contributed by atoms with Gasteiger partial charge < -0.3 is 28.6 Å². The first-order chi connectivity index (χ1) is 12.6. The molecule has 0 saturated carbocycles. The van der Waals surface area contributed by atoms with E-state index in [4.69, 9.17) is 18.6 Å². The second-order valence-corrected chi connectivity index (χ2v) is 6.17. The fourth-order valence-electron chi connectivity index (χ4n) is 3.12. The van der Waals surface area contributed by atoms with Gasteiger partial charge in [0.1, 0.15) is 0 Å². The van der Waals surface area contributed by atoms with Crippen LogP contribution in [0.2, 0.25) is 0 Å². The average molecular weight is 363 g/mol. The quantitative estimate of drug-likeness (QED) is 0.878. The van der Waals surface area contributed by atoms with E-state index in [-0.39, 0.29) is 24.8 Å². The van der Waals surface area contributed by atoms with Gasteiger partial charge in [-0.05, 0) is 32.9 Å². The lowest BCUT2D eigenvalue weighted by atomic mass is 10.1. The number of ether oxygens (including phenoxy) is 3. The Morgan fingerprint density at radius 2 is 2.08 bits per heavy atom. The van der Waals surface area contributed by atoms with Gasteiger partial charge in [0.25, 0.3) is 5.91 Å². The van der Waals surface area contributed by atoms with E-state index < -0.39 is 6.10 Å². The zero-order valence-corrected chi connectivity index (χ0v) is 15.4. The summed E-state index contributed by atoms with van der Waals surface area (Å²) in [6.45, 7) is 7.84. The van der Waals surface area contributed by atoms with Crippen molar-refractivity contribution in [3.63, 3.8) is 0 Å². The molecule has 1 fully saturated rings. The van der Waals surface area contributed by atoms with Crippen LogP contribution in [0.5, 0.6) is 11.5 Å². The molecule has 1 saturated heterocycles. The van der Waals surface area contributed by atoms with Crippen LogP contribution in [0.25, 0.3) is 11.0 Å². The standard InChI is InChI=1S/C19H25NO6/c1-4-24-15-7-6-14-12(3)16(26-17(14)18(15)25-5-2)19(22)20-8-9-23-11-13(21)10-20/h6-7,13,21H,4-5,8-11H2,1-3H3. The third-order valence-corrected chi connectivity index (χ3v) is 4.34. The predicted molar refractivity (Wildman–Crippen MR) is 96.0 cm³/mol. The SMILES string of the molecule is CCOc1ccc2c(C)c(C(=O)N3CCOCC(O)C3)oc2c1OCC. The molecule has 1 amide bonds. The van der Waals surface area contributed by atoms with Crippen LogP contribution < -0.4 is 9.47 Å². The van der Waals surface area contributed by atoms with Crippen molar-refractivity contribution < 1.29 is 28.5 Å². The highest BCUT2D eigenvalue weighted by Crippen LogP contribution is 2.40. The minimum atomic E-state index is -0.699. The van der Waals surface area contributed by atoms with E-state index >= 15 is 0 Å². The summed E-state index contributed by atoms with van der Waals surface area (Å²) in [5.41, 5.74) is 1.25. The lowest BCUT2D eigenvalue weighted by molar-refractivity contribution is 0.0526. The first kappa shape index (κ1) is 18.5. The number of aliphatic hydroxyl groups is 1. The number of fused-ring (bicyclic) bond motifs is 1. The highest BCUT2D eigenvalue weighted by atomic mass is 16.5. The molecule has 142 valence electrons. The molecule has 1 aliphatic heterocycles. The molecule has 1 unspecified atom stereocenters. The Hall–Kier alpha value is -2.25. The first-order valence-corrected chi connectivity index (χ1v) is 8.93. The molecule has 7 nitrogen and oxygen atoms in total. The predicted octanol–water partition coefficient (Wildman–Crippen LogP) is 2.37. The molecule has 1 N–H and O–H groups in total. The molecule has 1 aliphatic rings. The van der Waals surface area contributed by atoms with Gasteiger partial charge in [-0.2, -0.15) is 0 Å². The number of hydrogen-bond donors (Lipinski definition) is 1. The van der Waals surface area contributed by atoms with Gasteiger partial charge >= 0.3 is 0 Å². The van der Waals surface area contributed by atoms with E-state index in [2.05, 4.69) is 0 Å². The lowest BCUT2D eigenvalue weighted by Crippen LogP contribution is -2.37. The minimum absolute atomic E-state index is 0.220. The van der Waals surface area contributed by atoms with Crippen molar-refractivity contribution in [2.24, 2.45) is 0 Å². The molecule has 1 atom stereocenters. The van der Waals surface area contributed by atoms with Crippen molar-refractivity contribution in [2.45, 2.75) is 26.9 Å². The van der Waals surface area contributed by atoms with Crippen LogP contribution in [0.4, 0.5) is 0 Å². The summed E-state index contributed by atoms with van der Waals surface area (Å²) in [5, 5.41) is 10.7. The number of hydrogen-bond acceptors (Lipinski definition) is 6. The number of furan rings is 1. The maximum atomic E-state index is 13.0. The van der Waals surface area contributed by atoms with E-state index in [0.717, 1.165) is 10.9 Å². The highest BCUT2D eigenvalue weighted by molar-refractivity contribution is 6.00. The zero-order valence-electron chi connectivity index (χ0n) is 15.4. The van der Waals surface area contributed by atoms with Gasteiger partial charge in [-0.3, -0.25) is 4.79 Å². The Bertz CT molecular complexity index is 784. The molecule has 2 aromatic rings. The summed E-state index contributed by atoms with van der Waals surface area (Å²) < 4.78 is 22.6. The third-order valence-electron chi connectivity index (χ3n) is 4.34. The highest BCUT2D eigenvalue weighted by Gasteiger charge is 2.28. The molecular weight excluding hydrogens is 338 g/mol. The molecule has 0 radical (unpaired) electrons. The monoisotopic (exact) mass is 363 g/mol. The van der Waals surface area contributed by atoms with E-state index in [1.807, 2.05) is 32.9 Å². The molecule has 0 spiro atoms. The number of aliphatic hydroxyl groups excluding tert-OH is 1. The van der Waals surface area contributed by atoms with E-state index in [1.165, 1.54) is 0 Å². The second-order valence-electron chi connectivity index (χ2n) is 6.17. The molecule has 1 aromatic carbocycles. The Labute approximate surface area is 152 Å². The normalized spacial score (nSPS) is 18.0. The summed E-state index contributed by atoms with van der Waals surface area (Å²) in [6, 6.07) is 3.70. The first-order valence-electron chi connectivity index (χ1n) is 8.93. The Kier molecular flexibility index (Phi) is 5.68. The average Bonchev–Trinajstić information content (AvgIpc) is 2.80. The fourth-order valence-corrected chi connectivity index (χ4v) is 3.12. The number of benzene rings is 1. The number of rotatable bonds is 5. The molecule has 2 heterocycles. The summed E-state index contributed by atoms with van der Waals surface area (Å²) in [7, 11) is 0. The number of carbonyl (C=O) groups is 1. The van der Waals surface area contributed by atoms with Gasteiger partial charge in [-0.15, -0.1) is 0 Å². The van der Waals surface area contributed by atoms with Crippen LogP contribution in [0.1, 0.15) is 30.0 Å². The third kappa shape index (κ3) is 3.50. The van der Waals surface area contributed by atoms with Gasteiger partial charge in [0.15, 0.2) is 17.1 Å². The Balaban J connectivity index is 2.02. The van der Waals surface area contributed by atoms with Crippen LogP contribution in [0, 0.1) is 6.92 Å². The lowest BCUT2D eigenvalue weighted by Gasteiger charge is -2.20. The van der Waals surface area contributed by atoms with Crippen molar-refractivity contribution in [2.75, 3.05) is 39.5 Å². The maximum Gasteiger partial charge on any atom is 0.290 e. The molecule has 26 heavy (non-hydrogen) atoms. The summed E-state index contributed by atoms with van der Waals surface area (Å²) in [6.07, 6.45) is -0.699. The van der Waals surface area contributed by atoms with E-state index in [0.29, 0.717) is 43.4 Å². The summed E-state index contributed by atoms with van der Waals surface area (Å²) in [4.78, 5) is 14.5. The van der Waals surface area contributed by atoms with Crippen molar-refractivity contribution >= 4 is 16.9 Å². The summed E-state index contributed by atoms with van der Waals surface area (Å²) >= 11 is 0. The molecule has 0 bridgehead atoms. The summed E-state index contributed by atoms with van der Waals surface area (Å²) in [5.74, 6) is 1.09. The van der Waals surface area contributed by atoms with Crippen molar-refractivity contribution in [3.05, 3.63) is 23.5 Å². The number of nitrogens with zero attached hydrogens (tertiary/aromatic N) is 1. The second kappa shape index (κ2) is 7.97. The van der Waals surface area contributed by atoms with E-state index in [9.17, 15) is 9.90 Å². The fraction of sp³-hybridized carbons (Fsp3) is 0.526. The van der Waals surface area contributed by atoms with Crippen LogP contribution >= 0.6 is 0 Å². The van der Waals surface area contributed by atoms with Gasteiger partial charge in [-0.25, -0.2) is 0 Å². The molecule has 3 rings (SSSR count).